The van der Waals surface area contributed by atoms with Crippen molar-refractivity contribution >= 4 is 0 Å². The lowest BCUT2D eigenvalue weighted by Crippen LogP contribution is -2.18. The number of aliphatic hydroxyl groups is 1. The first-order valence-corrected chi connectivity index (χ1v) is 11.8. The first kappa shape index (κ1) is 25.2. The molecule has 0 fully saturated rings. The second-order valence-corrected chi connectivity index (χ2v) is 8.24. The molecule has 0 saturated heterocycles. The topological polar surface area (TPSA) is 60.0 Å². The average Bonchev–Trinajstić information content (AvgIpc) is 2.92. The van der Waals surface area contributed by atoms with E-state index in [1.165, 1.54) is 12.1 Å². The van der Waals surface area contributed by atoms with E-state index >= 15 is 0 Å². The van der Waals surface area contributed by atoms with Crippen LogP contribution in [0.3, 0.4) is 0 Å². The standard InChI is InChI=1S/C30H30FNO4/c1-34-30-25(8-5-9-28(30)23-6-3-2-4-7-23)21-35-27-15-12-24(19-32-16-17-33)29(18-27)36-20-22-10-13-26(31)14-11-22/h2-15,18,32-33H,16-17,19-21H2,1H3. The Morgan fingerprint density at radius 1 is 0.806 bits per heavy atom. The van der Waals surface area contributed by atoms with Gasteiger partial charge in [0, 0.05) is 35.8 Å². The maximum atomic E-state index is 13.2. The molecule has 186 valence electrons. The molecule has 0 heterocycles. The number of ether oxygens (including phenoxy) is 3. The minimum absolute atomic E-state index is 0.0524. The van der Waals surface area contributed by atoms with E-state index in [4.69, 9.17) is 19.3 Å². The van der Waals surface area contributed by atoms with Crippen LogP contribution in [0.5, 0.6) is 17.2 Å². The van der Waals surface area contributed by atoms with Crippen molar-refractivity contribution in [2.24, 2.45) is 0 Å². The van der Waals surface area contributed by atoms with E-state index in [0.29, 0.717) is 37.8 Å². The molecule has 0 unspecified atom stereocenters. The van der Waals surface area contributed by atoms with Gasteiger partial charge in [-0.3, -0.25) is 0 Å². The van der Waals surface area contributed by atoms with Gasteiger partial charge in [-0.05, 0) is 29.3 Å². The van der Waals surface area contributed by atoms with E-state index in [9.17, 15) is 4.39 Å². The maximum Gasteiger partial charge on any atom is 0.133 e. The Kier molecular flexibility index (Phi) is 8.92. The Balaban J connectivity index is 1.51. The van der Waals surface area contributed by atoms with Gasteiger partial charge in [-0.1, -0.05) is 66.7 Å². The molecule has 0 bridgehead atoms. The van der Waals surface area contributed by atoms with Crippen molar-refractivity contribution in [3.05, 3.63) is 114 Å². The fraction of sp³-hybridized carbons (Fsp3) is 0.200. The van der Waals surface area contributed by atoms with Crippen molar-refractivity contribution in [2.75, 3.05) is 20.3 Å². The quantitative estimate of drug-likeness (QED) is 0.250. The zero-order chi connectivity index (χ0) is 25.2. The van der Waals surface area contributed by atoms with Gasteiger partial charge >= 0.3 is 0 Å². The zero-order valence-corrected chi connectivity index (χ0v) is 20.2. The first-order chi connectivity index (χ1) is 17.7. The summed E-state index contributed by atoms with van der Waals surface area (Å²) < 4.78 is 31.2. The molecule has 0 aliphatic carbocycles. The molecule has 2 N–H and O–H groups in total. The smallest absolute Gasteiger partial charge is 0.133 e. The number of hydrogen-bond donors (Lipinski definition) is 2. The Morgan fingerprint density at radius 2 is 1.61 bits per heavy atom. The number of methoxy groups -OCH3 is 1. The molecular formula is C30H30FNO4. The van der Waals surface area contributed by atoms with Gasteiger partial charge in [-0.15, -0.1) is 0 Å². The third-order valence-corrected chi connectivity index (χ3v) is 5.73. The molecule has 4 aromatic carbocycles. The van der Waals surface area contributed by atoms with E-state index in [0.717, 1.165) is 33.6 Å². The van der Waals surface area contributed by atoms with Gasteiger partial charge < -0.3 is 24.6 Å². The van der Waals surface area contributed by atoms with Crippen molar-refractivity contribution < 1.29 is 23.7 Å². The highest BCUT2D eigenvalue weighted by Gasteiger charge is 2.13. The summed E-state index contributed by atoms with van der Waals surface area (Å²) in [7, 11) is 1.67. The normalized spacial score (nSPS) is 10.8. The molecule has 0 aromatic heterocycles. The predicted molar refractivity (Wildman–Crippen MR) is 139 cm³/mol. The van der Waals surface area contributed by atoms with Crippen LogP contribution in [0.1, 0.15) is 16.7 Å². The Morgan fingerprint density at radius 3 is 2.36 bits per heavy atom. The Hall–Kier alpha value is -3.87. The molecule has 0 saturated carbocycles. The summed E-state index contributed by atoms with van der Waals surface area (Å²) in [5.74, 6) is 1.81. The zero-order valence-electron chi connectivity index (χ0n) is 20.2. The molecule has 36 heavy (non-hydrogen) atoms. The van der Waals surface area contributed by atoms with Gasteiger partial charge in [-0.25, -0.2) is 4.39 Å². The Labute approximate surface area is 211 Å². The molecular weight excluding hydrogens is 457 g/mol. The van der Waals surface area contributed by atoms with Crippen molar-refractivity contribution in [3.8, 4) is 28.4 Å². The van der Waals surface area contributed by atoms with Crippen LogP contribution >= 0.6 is 0 Å². The number of nitrogens with one attached hydrogen (secondary N) is 1. The van der Waals surface area contributed by atoms with Crippen LogP contribution in [-0.2, 0) is 19.8 Å². The van der Waals surface area contributed by atoms with Crippen LogP contribution < -0.4 is 19.5 Å². The van der Waals surface area contributed by atoms with E-state index in [1.54, 1.807) is 19.2 Å². The molecule has 0 amide bonds. The first-order valence-electron chi connectivity index (χ1n) is 11.8. The summed E-state index contributed by atoms with van der Waals surface area (Å²) in [4.78, 5) is 0. The molecule has 4 rings (SSSR count). The number of para-hydroxylation sites is 1. The van der Waals surface area contributed by atoms with Gasteiger partial charge in [0.05, 0.1) is 13.7 Å². The van der Waals surface area contributed by atoms with Crippen LogP contribution in [0.2, 0.25) is 0 Å². The van der Waals surface area contributed by atoms with Gasteiger partial charge in [0.25, 0.3) is 0 Å². The second-order valence-electron chi connectivity index (χ2n) is 8.24. The number of benzene rings is 4. The molecule has 0 aliphatic rings. The van der Waals surface area contributed by atoms with Crippen molar-refractivity contribution in [2.45, 2.75) is 19.8 Å². The summed E-state index contributed by atoms with van der Waals surface area (Å²) in [6.07, 6.45) is 0. The monoisotopic (exact) mass is 487 g/mol. The number of rotatable bonds is 12. The van der Waals surface area contributed by atoms with Crippen LogP contribution in [0.4, 0.5) is 4.39 Å². The summed E-state index contributed by atoms with van der Waals surface area (Å²) in [5, 5.41) is 12.3. The third kappa shape index (κ3) is 6.62. The average molecular weight is 488 g/mol. The van der Waals surface area contributed by atoms with E-state index in [2.05, 4.69) is 17.4 Å². The van der Waals surface area contributed by atoms with E-state index in [1.807, 2.05) is 54.6 Å². The minimum Gasteiger partial charge on any atom is -0.496 e. The van der Waals surface area contributed by atoms with Gasteiger partial charge in [0.2, 0.25) is 0 Å². The largest absolute Gasteiger partial charge is 0.496 e. The summed E-state index contributed by atoms with van der Waals surface area (Å²) in [5.41, 5.74) is 4.81. The van der Waals surface area contributed by atoms with Gasteiger partial charge in [0.1, 0.15) is 36.3 Å². The number of halogens is 1. The molecule has 5 nitrogen and oxygen atoms in total. The molecule has 0 spiro atoms. The molecule has 4 aromatic rings. The lowest BCUT2D eigenvalue weighted by molar-refractivity contribution is 0.280. The van der Waals surface area contributed by atoms with Crippen LogP contribution in [0.25, 0.3) is 11.1 Å². The number of hydrogen-bond acceptors (Lipinski definition) is 5. The third-order valence-electron chi connectivity index (χ3n) is 5.73. The molecule has 6 heteroatoms. The lowest BCUT2D eigenvalue weighted by Gasteiger charge is -2.16. The summed E-state index contributed by atoms with van der Waals surface area (Å²) in [6, 6.07) is 28.0. The van der Waals surface area contributed by atoms with Gasteiger partial charge in [0.15, 0.2) is 0 Å². The van der Waals surface area contributed by atoms with Crippen LogP contribution in [-0.4, -0.2) is 25.4 Å². The highest BCUT2D eigenvalue weighted by Crippen LogP contribution is 2.34. The maximum absolute atomic E-state index is 13.2. The second kappa shape index (κ2) is 12.7. The van der Waals surface area contributed by atoms with Crippen molar-refractivity contribution in [3.63, 3.8) is 0 Å². The van der Waals surface area contributed by atoms with Crippen LogP contribution in [0, 0.1) is 5.82 Å². The van der Waals surface area contributed by atoms with E-state index < -0.39 is 0 Å². The van der Waals surface area contributed by atoms with Crippen LogP contribution in [0.15, 0.2) is 91.0 Å². The predicted octanol–water partition coefficient (Wildman–Crippen LogP) is 5.74. The SMILES string of the molecule is COc1c(COc2ccc(CNCCO)c(OCc3ccc(F)cc3)c2)cccc1-c1ccccc1. The molecule has 0 radical (unpaired) electrons. The minimum atomic E-state index is -0.283. The Bertz CT molecular complexity index is 1250. The summed E-state index contributed by atoms with van der Waals surface area (Å²) in [6.45, 7) is 1.68. The van der Waals surface area contributed by atoms with E-state index in [-0.39, 0.29) is 12.4 Å². The molecule has 0 atom stereocenters. The fourth-order valence-corrected chi connectivity index (χ4v) is 3.89. The lowest BCUT2D eigenvalue weighted by atomic mass is 10.0. The van der Waals surface area contributed by atoms with Crippen molar-refractivity contribution in [1.82, 2.24) is 5.32 Å². The fourth-order valence-electron chi connectivity index (χ4n) is 3.89. The highest BCUT2D eigenvalue weighted by atomic mass is 19.1. The van der Waals surface area contributed by atoms with Crippen molar-refractivity contribution in [1.29, 1.82) is 0 Å². The highest BCUT2D eigenvalue weighted by molar-refractivity contribution is 5.72. The molecule has 0 aliphatic heterocycles. The number of aliphatic hydroxyl groups excluding tert-OH is 1. The van der Waals surface area contributed by atoms with Gasteiger partial charge in [-0.2, -0.15) is 0 Å². The summed E-state index contributed by atoms with van der Waals surface area (Å²) >= 11 is 0.